The molecule has 1 aliphatic heterocycles. The van der Waals surface area contributed by atoms with Gasteiger partial charge in [0.05, 0.1) is 5.69 Å². The number of aryl methyl sites for hydroxylation is 1. The standard InChI is InChI=1S/C33H27N3O3/c1-2-35-29-15-9-7-13-26(29)27-20-24(16-17-30(27)35)21-31-32(38)36(19-18-23-10-4-3-5-11-23)33(39-31)34-28-14-8-6-12-25(28)22-37/h3-17,20-22H,2,18-19H2,1H3/b31-21+,34-33-. The monoisotopic (exact) mass is 513 g/mol. The average molecular weight is 514 g/mol. The Morgan fingerprint density at radius 2 is 1.59 bits per heavy atom. The number of benzene rings is 4. The minimum atomic E-state index is -0.260. The van der Waals surface area contributed by atoms with Crippen molar-refractivity contribution in [2.45, 2.75) is 19.9 Å². The number of hydrogen-bond acceptors (Lipinski definition) is 4. The second kappa shape index (κ2) is 10.4. The van der Waals surface area contributed by atoms with Crippen LogP contribution in [-0.4, -0.2) is 34.2 Å². The first-order valence-electron chi connectivity index (χ1n) is 13.1. The molecule has 0 saturated carbocycles. The van der Waals surface area contributed by atoms with Crippen molar-refractivity contribution in [3.8, 4) is 0 Å². The molecule has 1 saturated heterocycles. The highest BCUT2D eigenvalue weighted by atomic mass is 16.5. The summed E-state index contributed by atoms with van der Waals surface area (Å²) in [5, 5.41) is 2.30. The Bertz CT molecular complexity index is 1770. The van der Waals surface area contributed by atoms with Crippen LogP contribution < -0.4 is 0 Å². The lowest BCUT2D eigenvalue weighted by Crippen LogP contribution is -2.31. The Morgan fingerprint density at radius 1 is 0.846 bits per heavy atom. The van der Waals surface area contributed by atoms with E-state index in [0.717, 1.165) is 34.9 Å². The molecule has 0 unspecified atom stereocenters. The van der Waals surface area contributed by atoms with Crippen LogP contribution in [0, 0.1) is 0 Å². The number of amides is 1. The summed E-state index contributed by atoms with van der Waals surface area (Å²) in [6, 6.07) is 31.7. The Kier molecular flexibility index (Phi) is 6.51. The van der Waals surface area contributed by atoms with Crippen molar-refractivity contribution >= 4 is 51.8 Å². The second-order valence-corrected chi connectivity index (χ2v) is 9.41. The summed E-state index contributed by atoms with van der Waals surface area (Å²) in [5.41, 5.74) is 5.19. The molecule has 1 aliphatic rings. The van der Waals surface area contributed by atoms with Crippen LogP contribution in [0.1, 0.15) is 28.4 Å². The third-order valence-electron chi connectivity index (χ3n) is 7.05. The Labute approximate surface area is 226 Å². The van der Waals surface area contributed by atoms with Gasteiger partial charge in [-0.2, -0.15) is 4.99 Å². The number of rotatable bonds is 7. The number of carbonyl (C=O) groups is 2. The van der Waals surface area contributed by atoms with Gasteiger partial charge in [-0.25, -0.2) is 0 Å². The van der Waals surface area contributed by atoms with Gasteiger partial charge in [-0.05, 0) is 60.9 Å². The third kappa shape index (κ3) is 4.61. The molecular weight excluding hydrogens is 486 g/mol. The van der Waals surface area contributed by atoms with E-state index in [2.05, 4.69) is 46.8 Å². The zero-order chi connectivity index (χ0) is 26.8. The number of aromatic nitrogens is 1. The molecule has 5 aromatic rings. The number of aliphatic imine (C=N–C) groups is 1. The molecule has 1 aromatic heterocycles. The van der Waals surface area contributed by atoms with Crippen LogP contribution in [0.4, 0.5) is 5.69 Å². The molecule has 0 bridgehead atoms. The van der Waals surface area contributed by atoms with Crippen molar-refractivity contribution < 1.29 is 14.3 Å². The zero-order valence-electron chi connectivity index (χ0n) is 21.6. The first-order valence-corrected chi connectivity index (χ1v) is 13.1. The summed E-state index contributed by atoms with van der Waals surface area (Å²) < 4.78 is 8.37. The maximum Gasteiger partial charge on any atom is 0.305 e. The Hall–Kier alpha value is -4.97. The van der Waals surface area contributed by atoms with Crippen molar-refractivity contribution in [1.82, 2.24) is 9.47 Å². The van der Waals surface area contributed by atoms with E-state index in [9.17, 15) is 9.59 Å². The first kappa shape index (κ1) is 24.4. The Balaban J connectivity index is 1.39. The van der Waals surface area contributed by atoms with Crippen molar-refractivity contribution in [2.24, 2.45) is 4.99 Å². The van der Waals surface area contributed by atoms with E-state index in [4.69, 9.17) is 4.74 Å². The van der Waals surface area contributed by atoms with Crippen molar-refractivity contribution in [3.63, 3.8) is 0 Å². The van der Waals surface area contributed by atoms with Gasteiger partial charge in [-0.15, -0.1) is 0 Å². The van der Waals surface area contributed by atoms with Gasteiger partial charge >= 0.3 is 6.02 Å². The number of nitrogens with zero attached hydrogens (tertiary/aromatic N) is 3. The normalized spacial score (nSPS) is 15.5. The van der Waals surface area contributed by atoms with Crippen LogP contribution in [0.2, 0.25) is 0 Å². The van der Waals surface area contributed by atoms with Gasteiger partial charge in [0, 0.05) is 40.5 Å². The van der Waals surface area contributed by atoms with E-state index in [1.165, 1.54) is 10.9 Å². The number of carbonyl (C=O) groups excluding carboxylic acids is 2. The van der Waals surface area contributed by atoms with E-state index in [1.54, 1.807) is 35.2 Å². The minimum absolute atomic E-state index is 0.167. The highest BCUT2D eigenvalue weighted by Gasteiger charge is 2.35. The Morgan fingerprint density at radius 3 is 2.41 bits per heavy atom. The van der Waals surface area contributed by atoms with Crippen LogP contribution >= 0.6 is 0 Å². The van der Waals surface area contributed by atoms with Crippen LogP contribution in [0.15, 0.2) is 108 Å². The number of hydrogen-bond donors (Lipinski definition) is 0. The fourth-order valence-corrected chi connectivity index (χ4v) is 5.12. The SMILES string of the molecule is CCn1c2ccccc2c2cc(/C=C3/O/C(=N\c4ccccc4C=O)N(CCc4ccccc4)C3=O)ccc21. The van der Waals surface area contributed by atoms with Crippen LogP contribution in [0.25, 0.3) is 27.9 Å². The van der Waals surface area contributed by atoms with E-state index in [1.807, 2.05) is 42.5 Å². The van der Waals surface area contributed by atoms with Crippen LogP contribution in [-0.2, 0) is 22.5 Å². The molecular formula is C33H27N3O3. The molecule has 1 amide bonds. The number of amidine groups is 1. The molecule has 0 spiro atoms. The summed E-state index contributed by atoms with van der Waals surface area (Å²) in [6.07, 6.45) is 3.16. The fraction of sp³-hybridized carbons (Fsp3) is 0.121. The van der Waals surface area contributed by atoms with Crippen LogP contribution in [0.5, 0.6) is 0 Å². The lowest BCUT2D eigenvalue weighted by Gasteiger charge is -2.13. The number of aldehydes is 1. The average Bonchev–Trinajstić information content (AvgIpc) is 3.45. The first-order chi connectivity index (χ1) is 19.2. The largest absolute Gasteiger partial charge is 0.419 e. The lowest BCUT2D eigenvalue weighted by atomic mass is 10.1. The van der Waals surface area contributed by atoms with Gasteiger partial charge in [0.15, 0.2) is 12.0 Å². The number of ether oxygens (including phenoxy) is 1. The third-order valence-corrected chi connectivity index (χ3v) is 7.05. The van der Waals surface area contributed by atoms with Gasteiger partial charge in [0.2, 0.25) is 0 Å². The maximum atomic E-state index is 13.6. The topological polar surface area (TPSA) is 63.9 Å². The zero-order valence-corrected chi connectivity index (χ0v) is 21.6. The molecule has 6 rings (SSSR count). The smallest absolute Gasteiger partial charge is 0.305 e. The quantitative estimate of drug-likeness (QED) is 0.178. The van der Waals surface area contributed by atoms with Crippen molar-refractivity contribution in [3.05, 3.63) is 120 Å². The molecule has 6 nitrogen and oxygen atoms in total. The van der Waals surface area contributed by atoms with Crippen molar-refractivity contribution in [1.29, 1.82) is 0 Å². The predicted octanol–water partition coefficient (Wildman–Crippen LogP) is 6.76. The number of para-hydroxylation sites is 2. The summed E-state index contributed by atoms with van der Waals surface area (Å²) in [7, 11) is 0. The highest BCUT2D eigenvalue weighted by Crippen LogP contribution is 2.31. The van der Waals surface area contributed by atoms with Gasteiger partial charge in [-0.1, -0.05) is 66.7 Å². The molecule has 0 atom stereocenters. The molecule has 192 valence electrons. The summed E-state index contributed by atoms with van der Waals surface area (Å²) in [5.74, 6) is -0.0617. The molecule has 0 N–H and O–H groups in total. The number of fused-ring (bicyclic) bond motifs is 3. The molecule has 1 fully saturated rings. The van der Waals surface area contributed by atoms with Gasteiger partial charge in [-0.3, -0.25) is 14.5 Å². The molecule has 6 heteroatoms. The highest BCUT2D eigenvalue weighted by molar-refractivity contribution is 6.13. The van der Waals surface area contributed by atoms with E-state index >= 15 is 0 Å². The van der Waals surface area contributed by atoms with Gasteiger partial charge < -0.3 is 9.30 Å². The minimum Gasteiger partial charge on any atom is -0.419 e. The molecule has 0 radical (unpaired) electrons. The summed E-state index contributed by atoms with van der Waals surface area (Å²) in [4.78, 5) is 31.3. The summed E-state index contributed by atoms with van der Waals surface area (Å²) in [6.45, 7) is 3.40. The summed E-state index contributed by atoms with van der Waals surface area (Å²) >= 11 is 0. The molecule has 4 aromatic carbocycles. The van der Waals surface area contributed by atoms with Crippen LogP contribution in [0.3, 0.4) is 0 Å². The van der Waals surface area contributed by atoms with E-state index in [-0.39, 0.29) is 17.7 Å². The van der Waals surface area contributed by atoms with Crippen molar-refractivity contribution in [2.75, 3.05) is 6.54 Å². The van der Waals surface area contributed by atoms with Gasteiger partial charge in [0.1, 0.15) is 0 Å². The predicted molar refractivity (Wildman–Crippen MR) is 155 cm³/mol. The molecule has 2 heterocycles. The fourth-order valence-electron chi connectivity index (χ4n) is 5.12. The van der Waals surface area contributed by atoms with E-state index in [0.29, 0.717) is 24.2 Å². The maximum absolute atomic E-state index is 13.6. The molecule has 0 aliphatic carbocycles. The van der Waals surface area contributed by atoms with E-state index < -0.39 is 0 Å². The molecule has 39 heavy (non-hydrogen) atoms. The lowest BCUT2D eigenvalue weighted by molar-refractivity contribution is -0.122. The van der Waals surface area contributed by atoms with Gasteiger partial charge in [0.25, 0.3) is 5.91 Å². The second-order valence-electron chi connectivity index (χ2n) is 9.41.